The Morgan fingerprint density at radius 3 is 1.45 bits per heavy atom. The summed E-state index contributed by atoms with van der Waals surface area (Å²) in [5.41, 5.74) is 0.418. The fourth-order valence-corrected chi connectivity index (χ4v) is 103. The Morgan fingerprint density at radius 1 is 0.727 bits per heavy atom. The molecule has 0 atom stereocenters. The van der Waals surface area contributed by atoms with E-state index in [1.165, 1.54) is 19.3 Å². The van der Waals surface area contributed by atoms with Gasteiger partial charge in [-0.3, -0.25) is 0 Å². The van der Waals surface area contributed by atoms with Gasteiger partial charge in [0.25, 0.3) is 0 Å². The Hall–Kier alpha value is 0.538. The normalized spacial score (nSPS) is 15.3. The van der Waals surface area contributed by atoms with Gasteiger partial charge in [-0.05, 0) is 12.8 Å². The monoisotopic (exact) mass is 376 g/mol. The summed E-state index contributed by atoms with van der Waals surface area (Å²) < 4.78 is 15.7. The van der Waals surface area contributed by atoms with Gasteiger partial charge < -0.3 is 0 Å². The third-order valence-corrected chi connectivity index (χ3v) is 75.7. The lowest BCUT2D eigenvalue weighted by molar-refractivity contribution is 0.651. The van der Waals surface area contributed by atoms with Crippen molar-refractivity contribution in [2.75, 3.05) is 0 Å². The van der Waals surface area contributed by atoms with Gasteiger partial charge in [-0.15, -0.1) is 0 Å². The van der Waals surface area contributed by atoms with Crippen LogP contribution in [0.1, 0.15) is 39.0 Å². The van der Waals surface area contributed by atoms with Crippen molar-refractivity contribution < 1.29 is 4.39 Å². The largest absolute Gasteiger partial charge is 0.219 e. The first-order valence-corrected chi connectivity index (χ1v) is 24.6. The predicted octanol–water partition coefficient (Wildman–Crippen LogP) is 7.05. The number of hydrogen-bond acceptors (Lipinski definition) is 0. The average molecular weight is 377 g/mol. The molecule has 22 heavy (non-hydrogen) atoms. The van der Waals surface area contributed by atoms with Gasteiger partial charge in [-0.2, -0.15) is 0 Å². The van der Waals surface area contributed by atoms with Crippen LogP contribution in [-0.2, 0) is 0 Å². The highest BCUT2D eigenvalue weighted by Gasteiger charge is 2.64. The number of unbranched alkanes of at least 4 members (excludes halogenated alkanes) is 4. The summed E-state index contributed by atoms with van der Waals surface area (Å²) in [5, 5.41) is 0. The zero-order valence-electron chi connectivity index (χ0n) is 17.0. The van der Waals surface area contributed by atoms with Gasteiger partial charge in [0, 0.05) is 22.8 Å². The summed E-state index contributed by atoms with van der Waals surface area (Å²) in [4.78, 5) is 0. The molecule has 5 heteroatoms. The molecular weight excluding hydrogens is 336 g/mol. The molecule has 0 aromatic rings. The summed E-state index contributed by atoms with van der Waals surface area (Å²) in [5.74, 6) is 0. The molecule has 0 aliphatic heterocycles. The highest BCUT2D eigenvalue weighted by Crippen LogP contribution is 2.42. The summed E-state index contributed by atoms with van der Waals surface area (Å²) in [6, 6.07) is 0. The van der Waals surface area contributed by atoms with Crippen molar-refractivity contribution in [1.29, 1.82) is 0 Å². The van der Waals surface area contributed by atoms with Gasteiger partial charge in [0.15, 0.2) is 0 Å². The van der Waals surface area contributed by atoms with E-state index in [0.29, 0.717) is 5.45 Å². The lowest BCUT2D eigenvalue weighted by Crippen LogP contribution is -2.83. The van der Waals surface area contributed by atoms with Crippen LogP contribution in [0, 0.1) is 0 Å². The van der Waals surface area contributed by atoms with Crippen LogP contribution in [0.3, 0.4) is 0 Å². The van der Waals surface area contributed by atoms with E-state index < -0.39 is 29.4 Å². The second kappa shape index (κ2) is 8.08. The van der Waals surface area contributed by atoms with Crippen molar-refractivity contribution in [2.45, 2.75) is 98.0 Å². The molecule has 0 radical (unpaired) electrons. The molecule has 0 saturated heterocycles. The van der Waals surface area contributed by atoms with Crippen LogP contribution in [0.4, 0.5) is 4.39 Å². The van der Waals surface area contributed by atoms with Crippen molar-refractivity contribution in [3.8, 4) is 0 Å². The summed E-state index contributed by atoms with van der Waals surface area (Å²) in [6.07, 6.45) is 7.96. The molecular formula is C17H41FSi4. The van der Waals surface area contributed by atoms with Crippen LogP contribution >= 0.6 is 0 Å². The summed E-state index contributed by atoms with van der Waals surface area (Å²) >= 11 is 0. The minimum absolute atomic E-state index is 0.418. The molecule has 132 valence electrons. The van der Waals surface area contributed by atoms with Crippen LogP contribution in [0.15, 0.2) is 11.5 Å². The topological polar surface area (TPSA) is 0 Å². The maximum Gasteiger partial charge on any atom is 0.103 e. The van der Waals surface area contributed by atoms with Crippen LogP contribution in [0.2, 0.25) is 58.9 Å². The van der Waals surface area contributed by atoms with Gasteiger partial charge in [0.2, 0.25) is 0 Å². The molecule has 0 aliphatic rings. The molecule has 0 fully saturated rings. The van der Waals surface area contributed by atoms with Crippen molar-refractivity contribution in [3.05, 3.63) is 11.5 Å². The Bertz CT molecular complexity index is 334. The second-order valence-corrected chi connectivity index (χ2v) is 50.1. The van der Waals surface area contributed by atoms with E-state index in [2.05, 4.69) is 71.9 Å². The molecule has 0 unspecified atom stereocenters. The Kier molecular flexibility index (Phi) is 8.27. The van der Waals surface area contributed by atoms with Crippen LogP contribution in [0.25, 0.3) is 0 Å². The van der Waals surface area contributed by atoms with Gasteiger partial charge in [0.1, 0.15) is 6.63 Å². The quantitative estimate of drug-likeness (QED) is 0.299. The lowest BCUT2D eigenvalue weighted by Gasteiger charge is -2.56. The van der Waals surface area contributed by atoms with Crippen molar-refractivity contribution in [1.82, 2.24) is 0 Å². The number of halogens is 1. The molecule has 0 bridgehead atoms. The number of allylic oxidation sites excluding steroid dienone is 1. The third-order valence-electron chi connectivity index (χ3n) is 5.11. The van der Waals surface area contributed by atoms with E-state index in [1.54, 1.807) is 0 Å². The minimum Gasteiger partial charge on any atom is -0.219 e. The van der Waals surface area contributed by atoms with Crippen LogP contribution in [-0.4, -0.2) is 29.4 Å². The van der Waals surface area contributed by atoms with Crippen LogP contribution < -0.4 is 0 Å². The minimum atomic E-state index is -1.96. The first-order chi connectivity index (χ1) is 9.73. The fourth-order valence-electron chi connectivity index (χ4n) is 5.40. The Balaban J connectivity index is 5.73. The molecule has 0 aliphatic carbocycles. The molecule has 0 saturated carbocycles. The molecule has 0 amide bonds. The molecule has 0 aromatic carbocycles. The lowest BCUT2D eigenvalue weighted by atomic mass is 10.2. The van der Waals surface area contributed by atoms with E-state index in [9.17, 15) is 0 Å². The van der Waals surface area contributed by atoms with E-state index in [1.807, 2.05) is 0 Å². The van der Waals surface area contributed by atoms with E-state index in [4.69, 9.17) is 0 Å². The first-order valence-electron chi connectivity index (χ1n) is 9.09. The molecule has 0 aromatic heterocycles. The SMILES string of the molecule is CCCCCC/C=C(/F)[Si]([Si](C)(C)C)([Si](C)(C)C)[Si](C)(C)C. The number of rotatable bonds is 9. The standard InChI is InChI=1S/C17H41FSi4/c1-11-12-13-14-15-16-17(18)22(19(2,3)4,20(5,6)7)21(8,9)10/h16H,11-15H2,1-10H3/b17-16-. The molecule has 0 heterocycles. The van der Waals surface area contributed by atoms with Crippen molar-refractivity contribution in [3.63, 3.8) is 0 Å². The zero-order chi connectivity index (χ0) is 17.8. The van der Waals surface area contributed by atoms with E-state index in [-0.39, 0.29) is 0 Å². The smallest absolute Gasteiger partial charge is 0.103 e. The maximum absolute atomic E-state index is 15.7. The van der Waals surface area contributed by atoms with Gasteiger partial charge in [-0.1, -0.05) is 91.2 Å². The van der Waals surface area contributed by atoms with Gasteiger partial charge >= 0.3 is 0 Å². The Morgan fingerprint density at radius 2 is 1.14 bits per heavy atom. The highest BCUT2D eigenvalue weighted by atomic mass is 29.9. The average Bonchev–Trinajstić information content (AvgIpc) is 2.22. The molecule has 0 nitrogen and oxygen atoms in total. The Labute approximate surface area is 143 Å². The van der Waals surface area contributed by atoms with E-state index >= 15 is 4.39 Å². The van der Waals surface area contributed by atoms with Gasteiger partial charge in [0.05, 0.1) is 5.45 Å². The molecule has 0 spiro atoms. The first kappa shape index (κ1) is 22.5. The van der Waals surface area contributed by atoms with Crippen LogP contribution in [0.5, 0.6) is 0 Å². The predicted molar refractivity (Wildman–Crippen MR) is 114 cm³/mol. The molecule has 0 N–H and O–H groups in total. The van der Waals surface area contributed by atoms with Crippen molar-refractivity contribution in [2.24, 2.45) is 0 Å². The number of hydrogen-bond donors (Lipinski definition) is 0. The highest BCUT2D eigenvalue weighted by molar-refractivity contribution is 7.91. The second-order valence-electron chi connectivity index (χ2n) is 9.90. The van der Waals surface area contributed by atoms with Gasteiger partial charge in [-0.25, -0.2) is 4.39 Å². The summed E-state index contributed by atoms with van der Waals surface area (Å²) in [6.45, 7) is 22.4. The third kappa shape index (κ3) is 4.77. The molecule has 0 rings (SSSR count). The van der Waals surface area contributed by atoms with Crippen molar-refractivity contribution >= 4 is 29.4 Å². The summed E-state index contributed by atoms with van der Waals surface area (Å²) in [7, 11) is -4.58. The fraction of sp³-hybridized carbons (Fsp3) is 0.882. The van der Waals surface area contributed by atoms with E-state index in [0.717, 1.165) is 12.8 Å². The zero-order valence-corrected chi connectivity index (χ0v) is 21.0. The maximum atomic E-state index is 15.7.